The molecule has 1 unspecified atom stereocenters. The van der Waals surface area contributed by atoms with Crippen molar-refractivity contribution in [3.8, 4) is 11.4 Å². The van der Waals surface area contributed by atoms with Gasteiger partial charge in [0.15, 0.2) is 0 Å². The Bertz CT molecular complexity index is 1330. The van der Waals surface area contributed by atoms with Crippen LogP contribution in [0.15, 0.2) is 53.3 Å². The van der Waals surface area contributed by atoms with Gasteiger partial charge in [-0.1, -0.05) is 23.4 Å². The Balaban J connectivity index is 1.37. The maximum atomic E-state index is 12.9. The second kappa shape index (κ2) is 7.80. The van der Waals surface area contributed by atoms with Gasteiger partial charge in [-0.05, 0) is 37.1 Å². The molecule has 4 heterocycles. The number of carbonyl (C=O) groups excluding carboxylic acids is 1. The van der Waals surface area contributed by atoms with Gasteiger partial charge in [-0.25, -0.2) is 9.78 Å². The van der Waals surface area contributed by atoms with Crippen LogP contribution in [0.1, 0.15) is 34.3 Å². The molecule has 1 aromatic carbocycles. The molecule has 4 aromatic rings. The average molecular weight is 432 g/mol. The fourth-order valence-electron chi connectivity index (χ4n) is 3.84. The third kappa shape index (κ3) is 3.55. The van der Waals surface area contributed by atoms with E-state index in [4.69, 9.17) is 9.63 Å². The van der Waals surface area contributed by atoms with E-state index in [2.05, 4.69) is 20.4 Å². The lowest BCUT2D eigenvalue weighted by molar-refractivity contribution is 0.102. The standard InChI is InChI=1S/C22H20N6O4/c1-13-5-6-14(19-25-21(32-26-19)15-7-9-27(12-15)22(30)31)10-16(13)24-20(29)17-11-23-18-4-2-3-8-28(17)18/h2-6,8,10-11,15H,7,9,12H2,1H3,(H,24,29)(H,30,31). The van der Waals surface area contributed by atoms with Crippen molar-refractivity contribution in [2.75, 3.05) is 18.4 Å². The molecule has 5 rings (SSSR count). The molecule has 1 fully saturated rings. The first-order valence-corrected chi connectivity index (χ1v) is 10.2. The molecule has 3 aromatic heterocycles. The van der Waals surface area contributed by atoms with Gasteiger partial charge in [0.05, 0.1) is 12.1 Å². The number of amides is 2. The van der Waals surface area contributed by atoms with Gasteiger partial charge in [-0.3, -0.25) is 9.20 Å². The largest absolute Gasteiger partial charge is 0.465 e. The van der Waals surface area contributed by atoms with E-state index in [0.717, 1.165) is 5.56 Å². The number of likely N-dealkylation sites (tertiary alicyclic amines) is 1. The molecule has 10 heteroatoms. The van der Waals surface area contributed by atoms with Gasteiger partial charge in [-0.15, -0.1) is 0 Å². The monoisotopic (exact) mass is 432 g/mol. The Morgan fingerprint density at radius 2 is 2.12 bits per heavy atom. The van der Waals surface area contributed by atoms with Crippen molar-refractivity contribution in [1.29, 1.82) is 0 Å². The first-order valence-electron chi connectivity index (χ1n) is 10.2. The second-order valence-electron chi connectivity index (χ2n) is 7.73. The Morgan fingerprint density at radius 3 is 2.94 bits per heavy atom. The summed E-state index contributed by atoms with van der Waals surface area (Å²) in [5, 5.41) is 16.1. The number of nitrogens with one attached hydrogen (secondary N) is 1. The van der Waals surface area contributed by atoms with Crippen LogP contribution in [-0.2, 0) is 0 Å². The molecule has 1 aliphatic heterocycles. The summed E-state index contributed by atoms with van der Waals surface area (Å²) in [5.74, 6) is 0.407. The first-order chi connectivity index (χ1) is 15.5. The summed E-state index contributed by atoms with van der Waals surface area (Å²) in [7, 11) is 0. The van der Waals surface area contributed by atoms with Gasteiger partial charge in [0.2, 0.25) is 11.7 Å². The summed E-state index contributed by atoms with van der Waals surface area (Å²) in [6.07, 6.45) is 3.02. The van der Waals surface area contributed by atoms with Crippen LogP contribution in [0.3, 0.4) is 0 Å². The Labute approximate surface area is 182 Å². The van der Waals surface area contributed by atoms with E-state index >= 15 is 0 Å². The minimum absolute atomic E-state index is 0.118. The maximum absolute atomic E-state index is 12.9. The van der Waals surface area contributed by atoms with E-state index in [0.29, 0.717) is 53.8 Å². The van der Waals surface area contributed by atoms with Crippen LogP contribution in [0.5, 0.6) is 0 Å². The first kappa shape index (κ1) is 19.7. The zero-order valence-electron chi connectivity index (χ0n) is 17.2. The number of hydrogen-bond acceptors (Lipinski definition) is 6. The highest BCUT2D eigenvalue weighted by molar-refractivity contribution is 6.04. The molecule has 1 saturated heterocycles. The van der Waals surface area contributed by atoms with Crippen molar-refractivity contribution >= 4 is 23.3 Å². The quantitative estimate of drug-likeness (QED) is 0.506. The third-order valence-corrected chi connectivity index (χ3v) is 5.64. The molecule has 0 spiro atoms. The smallest absolute Gasteiger partial charge is 0.407 e. The molecule has 2 N–H and O–H groups in total. The van der Waals surface area contributed by atoms with E-state index in [1.165, 1.54) is 11.1 Å². The van der Waals surface area contributed by atoms with Gasteiger partial charge in [-0.2, -0.15) is 4.98 Å². The lowest BCUT2D eigenvalue weighted by Crippen LogP contribution is -2.26. The normalized spacial score (nSPS) is 15.9. The van der Waals surface area contributed by atoms with E-state index < -0.39 is 6.09 Å². The number of anilines is 1. The number of hydrogen-bond donors (Lipinski definition) is 2. The summed E-state index contributed by atoms with van der Waals surface area (Å²) in [6, 6.07) is 11.1. The summed E-state index contributed by atoms with van der Waals surface area (Å²) >= 11 is 0. The minimum Gasteiger partial charge on any atom is -0.465 e. The fourth-order valence-corrected chi connectivity index (χ4v) is 3.84. The van der Waals surface area contributed by atoms with Crippen molar-refractivity contribution in [2.45, 2.75) is 19.3 Å². The van der Waals surface area contributed by atoms with Crippen molar-refractivity contribution < 1.29 is 19.2 Å². The number of benzene rings is 1. The predicted octanol–water partition coefficient (Wildman–Crippen LogP) is 3.41. The number of carboxylic acid groups (broad SMARTS) is 1. The molecule has 162 valence electrons. The van der Waals surface area contributed by atoms with Gasteiger partial charge < -0.3 is 19.8 Å². The number of aryl methyl sites for hydroxylation is 1. The molecular weight excluding hydrogens is 412 g/mol. The SMILES string of the molecule is Cc1ccc(-c2noc(C3CCN(C(=O)O)C3)n2)cc1NC(=O)c1cnc2ccccn12. The number of nitrogens with zero attached hydrogens (tertiary/aromatic N) is 5. The van der Waals surface area contributed by atoms with Crippen molar-refractivity contribution in [3.05, 3.63) is 65.9 Å². The third-order valence-electron chi connectivity index (χ3n) is 5.64. The zero-order chi connectivity index (χ0) is 22.2. The van der Waals surface area contributed by atoms with Gasteiger partial charge in [0, 0.05) is 30.5 Å². The summed E-state index contributed by atoms with van der Waals surface area (Å²) < 4.78 is 7.13. The van der Waals surface area contributed by atoms with Crippen LogP contribution in [0, 0.1) is 6.92 Å². The van der Waals surface area contributed by atoms with E-state index in [1.807, 2.05) is 37.3 Å². The van der Waals surface area contributed by atoms with Crippen molar-refractivity contribution in [3.63, 3.8) is 0 Å². The predicted molar refractivity (Wildman–Crippen MR) is 115 cm³/mol. The highest BCUT2D eigenvalue weighted by Gasteiger charge is 2.31. The molecule has 1 atom stereocenters. The van der Waals surface area contributed by atoms with E-state index in [9.17, 15) is 9.59 Å². The Morgan fingerprint density at radius 1 is 1.25 bits per heavy atom. The van der Waals surface area contributed by atoms with Gasteiger partial charge in [0.1, 0.15) is 11.3 Å². The van der Waals surface area contributed by atoms with Crippen LogP contribution >= 0.6 is 0 Å². The van der Waals surface area contributed by atoms with Crippen LogP contribution in [-0.4, -0.2) is 54.6 Å². The number of rotatable bonds is 4. The molecule has 32 heavy (non-hydrogen) atoms. The number of carbonyl (C=O) groups is 2. The lowest BCUT2D eigenvalue weighted by atomic mass is 10.1. The number of pyridine rings is 1. The number of fused-ring (bicyclic) bond motifs is 1. The van der Waals surface area contributed by atoms with E-state index in [1.54, 1.807) is 16.7 Å². The average Bonchev–Trinajstić information content (AvgIpc) is 3.53. The molecule has 1 aliphatic rings. The Hall–Kier alpha value is -4.21. The fraction of sp³-hybridized carbons (Fsp3) is 0.227. The molecule has 0 saturated carbocycles. The van der Waals surface area contributed by atoms with E-state index in [-0.39, 0.29) is 11.8 Å². The van der Waals surface area contributed by atoms with Gasteiger partial charge >= 0.3 is 6.09 Å². The van der Waals surface area contributed by atoms with Gasteiger partial charge in [0.25, 0.3) is 5.91 Å². The molecule has 0 radical (unpaired) electrons. The van der Waals surface area contributed by atoms with Crippen LogP contribution in [0.4, 0.5) is 10.5 Å². The topological polar surface area (TPSA) is 126 Å². The highest BCUT2D eigenvalue weighted by atomic mass is 16.5. The second-order valence-corrected chi connectivity index (χ2v) is 7.73. The number of imidazole rings is 1. The number of aromatic nitrogens is 4. The molecule has 2 amide bonds. The summed E-state index contributed by atoms with van der Waals surface area (Å²) in [5.41, 5.74) is 3.31. The molecule has 0 bridgehead atoms. The maximum Gasteiger partial charge on any atom is 0.407 e. The highest BCUT2D eigenvalue weighted by Crippen LogP contribution is 2.29. The Kier molecular flexibility index (Phi) is 4.81. The van der Waals surface area contributed by atoms with Crippen LogP contribution in [0.25, 0.3) is 17.0 Å². The van der Waals surface area contributed by atoms with Crippen molar-refractivity contribution in [2.24, 2.45) is 0 Å². The zero-order valence-corrected chi connectivity index (χ0v) is 17.2. The van der Waals surface area contributed by atoms with Crippen LogP contribution in [0.2, 0.25) is 0 Å². The molecule has 10 nitrogen and oxygen atoms in total. The lowest BCUT2D eigenvalue weighted by Gasteiger charge is -2.10. The molecule has 0 aliphatic carbocycles. The molecular formula is C22H20N6O4. The minimum atomic E-state index is -0.947. The summed E-state index contributed by atoms with van der Waals surface area (Å²) in [4.78, 5) is 34.1. The summed E-state index contributed by atoms with van der Waals surface area (Å²) in [6.45, 7) is 2.68. The van der Waals surface area contributed by atoms with Crippen molar-refractivity contribution in [1.82, 2.24) is 24.4 Å². The van der Waals surface area contributed by atoms with Crippen LogP contribution < -0.4 is 5.32 Å².